The lowest BCUT2D eigenvalue weighted by Crippen LogP contribution is -2.28. The van der Waals surface area contributed by atoms with Crippen molar-refractivity contribution < 1.29 is 9.53 Å². The summed E-state index contributed by atoms with van der Waals surface area (Å²) in [5.41, 5.74) is -0.0584. The first-order valence-electron chi connectivity index (χ1n) is 5.08. The number of rotatable bonds is 3. The number of ether oxygens (including phenoxy) is 1. The van der Waals surface area contributed by atoms with Gasteiger partial charge in [-0.05, 0) is 38.4 Å². The van der Waals surface area contributed by atoms with E-state index in [1.54, 1.807) is 0 Å². The van der Waals surface area contributed by atoms with Gasteiger partial charge in [-0.1, -0.05) is 0 Å². The maximum Gasteiger partial charge on any atom is 0.313 e. The first-order chi connectivity index (χ1) is 6.29. The van der Waals surface area contributed by atoms with Crippen LogP contribution in [0, 0.1) is 5.41 Å². The number of carbonyl (C=O) groups is 1. The third-order valence-corrected chi connectivity index (χ3v) is 4.63. The summed E-state index contributed by atoms with van der Waals surface area (Å²) in [6, 6.07) is 0. The van der Waals surface area contributed by atoms with Crippen molar-refractivity contribution in [1.82, 2.24) is 0 Å². The van der Waals surface area contributed by atoms with Gasteiger partial charge in [0, 0.05) is 5.25 Å². The fourth-order valence-corrected chi connectivity index (χ4v) is 3.68. The second-order valence-electron chi connectivity index (χ2n) is 3.88. The van der Waals surface area contributed by atoms with Gasteiger partial charge in [-0.2, -0.15) is 11.8 Å². The predicted octanol–water partition coefficient (Wildman–Crippen LogP) is 2.23. The Balaban J connectivity index is 1.98. The van der Waals surface area contributed by atoms with E-state index in [4.69, 9.17) is 4.74 Å². The molecule has 2 fully saturated rings. The van der Waals surface area contributed by atoms with E-state index in [1.165, 1.54) is 18.6 Å². The standard InChI is InChI=1S/C10H16O2S/c1-2-12-9(11)10(5-6-10)8-4-3-7-13-8/h8H,2-7H2,1H3. The van der Waals surface area contributed by atoms with Crippen molar-refractivity contribution in [3.63, 3.8) is 0 Å². The number of esters is 1. The Labute approximate surface area is 83.4 Å². The molecule has 1 aliphatic heterocycles. The van der Waals surface area contributed by atoms with Crippen molar-refractivity contribution in [1.29, 1.82) is 0 Å². The third kappa shape index (κ3) is 1.58. The Kier molecular flexibility index (Phi) is 2.54. The average Bonchev–Trinajstić information content (AvgIpc) is 2.76. The van der Waals surface area contributed by atoms with E-state index in [2.05, 4.69) is 0 Å². The summed E-state index contributed by atoms with van der Waals surface area (Å²) >= 11 is 1.97. The first-order valence-corrected chi connectivity index (χ1v) is 6.13. The van der Waals surface area contributed by atoms with E-state index in [-0.39, 0.29) is 11.4 Å². The summed E-state index contributed by atoms with van der Waals surface area (Å²) in [6.45, 7) is 2.41. The zero-order valence-electron chi connectivity index (χ0n) is 8.04. The molecule has 2 aliphatic rings. The van der Waals surface area contributed by atoms with Crippen molar-refractivity contribution >= 4 is 17.7 Å². The molecule has 0 radical (unpaired) electrons. The summed E-state index contributed by atoms with van der Waals surface area (Å²) in [6.07, 6.45) is 4.60. The molecule has 1 atom stereocenters. The zero-order valence-corrected chi connectivity index (χ0v) is 8.86. The van der Waals surface area contributed by atoms with Crippen LogP contribution in [0.5, 0.6) is 0 Å². The average molecular weight is 200 g/mol. The molecule has 0 bridgehead atoms. The fraction of sp³-hybridized carbons (Fsp3) is 0.900. The molecule has 1 saturated carbocycles. The van der Waals surface area contributed by atoms with Crippen molar-refractivity contribution in [2.45, 2.75) is 37.9 Å². The summed E-state index contributed by atoms with van der Waals surface area (Å²) in [5, 5.41) is 0.562. The van der Waals surface area contributed by atoms with Crippen molar-refractivity contribution in [2.24, 2.45) is 5.41 Å². The molecule has 0 aromatic carbocycles. The van der Waals surface area contributed by atoms with E-state index in [1.807, 2.05) is 18.7 Å². The van der Waals surface area contributed by atoms with Crippen LogP contribution >= 0.6 is 11.8 Å². The molecule has 0 spiro atoms. The molecular formula is C10H16O2S. The second-order valence-corrected chi connectivity index (χ2v) is 5.19. The minimum atomic E-state index is -0.0584. The second kappa shape index (κ2) is 3.52. The summed E-state index contributed by atoms with van der Waals surface area (Å²) in [5.74, 6) is 1.29. The van der Waals surface area contributed by atoms with Gasteiger partial charge in [0.25, 0.3) is 0 Å². The van der Waals surface area contributed by atoms with Gasteiger partial charge in [-0.3, -0.25) is 4.79 Å². The molecule has 0 aromatic heterocycles. The Hall–Kier alpha value is -0.180. The maximum atomic E-state index is 11.7. The first kappa shape index (κ1) is 9.38. The molecule has 1 aliphatic carbocycles. The Morgan fingerprint density at radius 2 is 2.38 bits per heavy atom. The summed E-state index contributed by atoms with van der Waals surface area (Å²) in [7, 11) is 0. The number of hydrogen-bond donors (Lipinski definition) is 0. The Morgan fingerprint density at radius 1 is 1.62 bits per heavy atom. The van der Waals surface area contributed by atoms with Gasteiger partial charge >= 0.3 is 5.97 Å². The van der Waals surface area contributed by atoms with Crippen molar-refractivity contribution in [2.75, 3.05) is 12.4 Å². The minimum Gasteiger partial charge on any atom is -0.466 e. The molecule has 0 amide bonds. The van der Waals surface area contributed by atoms with E-state index in [0.29, 0.717) is 11.9 Å². The highest BCUT2D eigenvalue weighted by atomic mass is 32.2. The van der Waals surface area contributed by atoms with Crippen LogP contribution in [-0.4, -0.2) is 23.6 Å². The molecule has 2 nitrogen and oxygen atoms in total. The highest BCUT2D eigenvalue weighted by molar-refractivity contribution is 8.00. The molecule has 0 N–H and O–H groups in total. The van der Waals surface area contributed by atoms with E-state index >= 15 is 0 Å². The Bertz CT molecular complexity index is 205. The number of carbonyl (C=O) groups excluding carboxylic acids is 1. The monoisotopic (exact) mass is 200 g/mol. The molecule has 74 valence electrons. The Morgan fingerprint density at radius 3 is 2.85 bits per heavy atom. The topological polar surface area (TPSA) is 26.3 Å². The van der Waals surface area contributed by atoms with Gasteiger partial charge in [0.1, 0.15) is 0 Å². The molecule has 13 heavy (non-hydrogen) atoms. The number of hydrogen-bond acceptors (Lipinski definition) is 3. The quantitative estimate of drug-likeness (QED) is 0.653. The molecular weight excluding hydrogens is 184 g/mol. The normalized spacial score (nSPS) is 30.1. The highest BCUT2D eigenvalue weighted by Crippen LogP contribution is 2.57. The fourth-order valence-electron chi connectivity index (χ4n) is 2.08. The van der Waals surface area contributed by atoms with Crippen molar-refractivity contribution in [3.05, 3.63) is 0 Å². The van der Waals surface area contributed by atoms with Gasteiger partial charge in [0.05, 0.1) is 12.0 Å². The molecule has 3 heteroatoms. The van der Waals surface area contributed by atoms with Gasteiger partial charge in [0.15, 0.2) is 0 Å². The number of thioether (sulfide) groups is 1. The van der Waals surface area contributed by atoms with Crippen LogP contribution in [0.15, 0.2) is 0 Å². The SMILES string of the molecule is CCOC(=O)C1(C2CCCS2)CC1. The summed E-state index contributed by atoms with van der Waals surface area (Å²) in [4.78, 5) is 11.7. The smallest absolute Gasteiger partial charge is 0.313 e. The van der Waals surface area contributed by atoms with E-state index in [9.17, 15) is 4.79 Å². The lowest BCUT2D eigenvalue weighted by molar-refractivity contribution is -0.149. The lowest BCUT2D eigenvalue weighted by Gasteiger charge is -2.19. The zero-order chi connectivity index (χ0) is 9.31. The largest absolute Gasteiger partial charge is 0.466 e. The van der Waals surface area contributed by atoms with Gasteiger partial charge < -0.3 is 4.74 Å². The minimum absolute atomic E-state index is 0.0584. The highest BCUT2D eigenvalue weighted by Gasteiger charge is 2.57. The molecule has 0 aromatic rings. The van der Waals surface area contributed by atoms with Crippen LogP contribution in [0.2, 0.25) is 0 Å². The van der Waals surface area contributed by atoms with Crippen LogP contribution < -0.4 is 0 Å². The molecule has 1 saturated heterocycles. The van der Waals surface area contributed by atoms with E-state index < -0.39 is 0 Å². The van der Waals surface area contributed by atoms with Crippen molar-refractivity contribution in [3.8, 4) is 0 Å². The van der Waals surface area contributed by atoms with E-state index in [0.717, 1.165) is 12.8 Å². The van der Waals surface area contributed by atoms with Gasteiger partial charge in [-0.25, -0.2) is 0 Å². The summed E-state index contributed by atoms with van der Waals surface area (Å²) < 4.78 is 5.13. The maximum absolute atomic E-state index is 11.7. The van der Waals surface area contributed by atoms with Crippen LogP contribution in [0.1, 0.15) is 32.6 Å². The van der Waals surface area contributed by atoms with Crippen LogP contribution in [-0.2, 0) is 9.53 Å². The lowest BCUT2D eigenvalue weighted by atomic mass is 9.99. The van der Waals surface area contributed by atoms with Crippen LogP contribution in [0.3, 0.4) is 0 Å². The molecule has 1 unspecified atom stereocenters. The van der Waals surface area contributed by atoms with Gasteiger partial charge in [0.2, 0.25) is 0 Å². The van der Waals surface area contributed by atoms with Crippen LogP contribution in [0.25, 0.3) is 0 Å². The predicted molar refractivity (Wildman–Crippen MR) is 53.8 cm³/mol. The molecule has 1 heterocycles. The van der Waals surface area contributed by atoms with Gasteiger partial charge in [-0.15, -0.1) is 0 Å². The molecule has 2 rings (SSSR count). The third-order valence-electron chi connectivity index (χ3n) is 3.02. The van der Waals surface area contributed by atoms with Crippen LogP contribution in [0.4, 0.5) is 0 Å².